The number of halogens is 1. The zero-order valence-corrected chi connectivity index (χ0v) is 11.0. The topological polar surface area (TPSA) is 89.0 Å². The molecule has 0 aliphatic rings. The molecule has 2 aromatic rings. The SMILES string of the molecule is N#Cc1ccc(Oc2cc(Br)cc([N+](=O)[O-])c2)cn1. The summed E-state index contributed by atoms with van der Waals surface area (Å²) in [4.78, 5) is 14.1. The Morgan fingerprint density at radius 2 is 2.11 bits per heavy atom. The van der Waals surface area contributed by atoms with Crippen LogP contribution in [0.25, 0.3) is 0 Å². The summed E-state index contributed by atoms with van der Waals surface area (Å²) in [5.41, 5.74) is 0.193. The van der Waals surface area contributed by atoms with Gasteiger partial charge in [-0.15, -0.1) is 0 Å². The number of nitrogens with zero attached hydrogens (tertiary/aromatic N) is 3. The van der Waals surface area contributed by atoms with Gasteiger partial charge in [-0.25, -0.2) is 4.98 Å². The predicted molar refractivity (Wildman–Crippen MR) is 69.8 cm³/mol. The fourth-order valence-electron chi connectivity index (χ4n) is 1.36. The quantitative estimate of drug-likeness (QED) is 0.638. The maximum atomic E-state index is 10.7. The van der Waals surface area contributed by atoms with E-state index in [4.69, 9.17) is 10.00 Å². The largest absolute Gasteiger partial charge is 0.455 e. The molecule has 1 aromatic carbocycles. The van der Waals surface area contributed by atoms with E-state index in [0.29, 0.717) is 16.0 Å². The number of nitro groups is 1. The molecule has 0 saturated heterocycles. The zero-order valence-electron chi connectivity index (χ0n) is 9.41. The molecule has 19 heavy (non-hydrogen) atoms. The van der Waals surface area contributed by atoms with Crippen molar-refractivity contribution in [2.75, 3.05) is 0 Å². The minimum Gasteiger partial charge on any atom is -0.455 e. The van der Waals surface area contributed by atoms with Gasteiger partial charge in [0.15, 0.2) is 0 Å². The molecule has 0 saturated carbocycles. The summed E-state index contributed by atoms with van der Waals surface area (Å²) in [5.74, 6) is 0.707. The van der Waals surface area contributed by atoms with Crippen molar-refractivity contribution in [2.45, 2.75) is 0 Å². The van der Waals surface area contributed by atoms with Gasteiger partial charge in [0.25, 0.3) is 5.69 Å². The Morgan fingerprint density at radius 3 is 2.68 bits per heavy atom. The highest BCUT2D eigenvalue weighted by Crippen LogP contribution is 2.29. The Labute approximate surface area is 116 Å². The number of rotatable bonds is 3. The predicted octanol–water partition coefficient (Wildman–Crippen LogP) is 3.42. The Morgan fingerprint density at radius 1 is 1.32 bits per heavy atom. The summed E-state index contributed by atoms with van der Waals surface area (Å²) in [6.45, 7) is 0. The highest BCUT2D eigenvalue weighted by molar-refractivity contribution is 9.10. The first-order valence-corrected chi connectivity index (χ1v) is 5.87. The molecule has 0 spiro atoms. The fraction of sp³-hybridized carbons (Fsp3) is 0. The van der Waals surface area contributed by atoms with Gasteiger partial charge >= 0.3 is 0 Å². The van der Waals surface area contributed by atoms with Crippen LogP contribution in [0.4, 0.5) is 5.69 Å². The second kappa shape index (κ2) is 5.46. The molecule has 2 rings (SSSR count). The molecule has 94 valence electrons. The number of non-ortho nitro benzene ring substituents is 1. The van der Waals surface area contributed by atoms with E-state index >= 15 is 0 Å². The third-order valence-corrected chi connectivity index (χ3v) is 2.61. The number of hydrogen-bond acceptors (Lipinski definition) is 5. The summed E-state index contributed by atoms with van der Waals surface area (Å²) in [7, 11) is 0. The Hall–Kier alpha value is -2.46. The second-order valence-electron chi connectivity index (χ2n) is 3.50. The van der Waals surface area contributed by atoms with Gasteiger partial charge in [-0.2, -0.15) is 5.26 Å². The van der Waals surface area contributed by atoms with Crippen LogP contribution in [0.15, 0.2) is 41.0 Å². The maximum Gasteiger partial charge on any atom is 0.274 e. The number of nitriles is 1. The van der Waals surface area contributed by atoms with E-state index in [1.165, 1.54) is 24.4 Å². The van der Waals surface area contributed by atoms with Gasteiger partial charge in [0.1, 0.15) is 23.3 Å². The fourth-order valence-corrected chi connectivity index (χ4v) is 1.82. The molecule has 0 aliphatic carbocycles. The lowest BCUT2D eigenvalue weighted by Gasteiger charge is -2.05. The van der Waals surface area contributed by atoms with E-state index in [2.05, 4.69) is 20.9 Å². The lowest BCUT2D eigenvalue weighted by Crippen LogP contribution is -1.91. The average Bonchev–Trinajstić information content (AvgIpc) is 2.39. The van der Waals surface area contributed by atoms with Crippen molar-refractivity contribution >= 4 is 21.6 Å². The molecule has 0 bridgehead atoms. The zero-order chi connectivity index (χ0) is 13.8. The highest BCUT2D eigenvalue weighted by Gasteiger charge is 2.10. The standard InChI is InChI=1S/C12H6BrN3O3/c13-8-3-10(16(17)18)5-12(4-8)19-11-2-1-9(6-14)15-7-11/h1-5,7H. The molecule has 0 atom stereocenters. The Bertz CT molecular complexity index is 665. The molecule has 6 nitrogen and oxygen atoms in total. The van der Waals surface area contributed by atoms with Crippen molar-refractivity contribution in [3.05, 3.63) is 56.8 Å². The first-order valence-electron chi connectivity index (χ1n) is 5.07. The van der Waals surface area contributed by atoms with E-state index in [1.807, 2.05) is 6.07 Å². The van der Waals surface area contributed by atoms with Gasteiger partial charge in [0, 0.05) is 10.5 Å². The van der Waals surface area contributed by atoms with Gasteiger partial charge in [0.05, 0.1) is 17.2 Å². The Kier molecular flexibility index (Phi) is 3.73. The minimum absolute atomic E-state index is 0.0778. The monoisotopic (exact) mass is 319 g/mol. The molecule has 0 radical (unpaired) electrons. The van der Waals surface area contributed by atoms with Crippen LogP contribution in [0.3, 0.4) is 0 Å². The molecule has 0 aliphatic heterocycles. The van der Waals surface area contributed by atoms with Crippen molar-refractivity contribution < 1.29 is 9.66 Å². The van der Waals surface area contributed by atoms with Gasteiger partial charge in [-0.05, 0) is 18.2 Å². The first kappa shape index (κ1) is 13.0. The molecular weight excluding hydrogens is 314 g/mol. The molecule has 1 aromatic heterocycles. The molecule has 0 fully saturated rings. The van der Waals surface area contributed by atoms with Crippen molar-refractivity contribution in [2.24, 2.45) is 0 Å². The molecule has 0 N–H and O–H groups in total. The molecule has 1 heterocycles. The first-order chi connectivity index (χ1) is 9.08. The average molecular weight is 320 g/mol. The van der Waals surface area contributed by atoms with Crippen LogP contribution in [0.2, 0.25) is 0 Å². The molecule has 0 unspecified atom stereocenters. The van der Waals surface area contributed by atoms with Crippen molar-refractivity contribution in [3.63, 3.8) is 0 Å². The number of hydrogen-bond donors (Lipinski definition) is 0. The summed E-state index contributed by atoms with van der Waals surface area (Å²) in [6, 6.07) is 9.25. The number of aromatic nitrogens is 1. The molecular formula is C12H6BrN3O3. The summed E-state index contributed by atoms with van der Waals surface area (Å²) in [6.07, 6.45) is 1.38. The van der Waals surface area contributed by atoms with E-state index in [-0.39, 0.29) is 11.4 Å². The summed E-state index contributed by atoms with van der Waals surface area (Å²) < 4.78 is 5.98. The lowest BCUT2D eigenvalue weighted by molar-refractivity contribution is -0.385. The minimum atomic E-state index is -0.505. The van der Waals surface area contributed by atoms with E-state index < -0.39 is 4.92 Å². The third kappa shape index (κ3) is 3.26. The van der Waals surface area contributed by atoms with Crippen LogP contribution in [0.5, 0.6) is 11.5 Å². The number of nitro benzene ring substituents is 1. The molecule has 0 amide bonds. The van der Waals surface area contributed by atoms with Gasteiger partial charge in [-0.3, -0.25) is 10.1 Å². The van der Waals surface area contributed by atoms with Crippen LogP contribution < -0.4 is 4.74 Å². The third-order valence-electron chi connectivity index (χ3n) is 2.15. The number of ether oxygens (including phenoxy) is 1. The summed E-state index contributed by atoms with van der Waals surface area (Å²) >= 11 is 3.17. The highest BCUT2D eigenvalue weighted by atomic mass is 79.9. The van der Waals surface area contributed by atoms with Crippen LogP contribution in [-0.4, -0.2) is 9.91 Å². The second-order valence-corrected chi connectivity index (χ2v) is 4.41. The maximum absolute atomic E-state index is 10.7. The van der Waals surface area contributed by atoms with Crippen LogP contribution in [-0.2, 0) is 0 Å². The van der Waals surface area contributed by atoms with Crippen LogP contribution in [0, 0.1) is 21.4 Å². The van der Waals surface area contributed by atoms with Crippen LogP contribution >= 0.6 is 15.9 Å². The number of pyridine rings is 1. The van der Waals surface area contributed by atoms with Crippen molar-refractivity contribution in [1.29, 1.82) is 5.26 Å². The number of benzene rings is 1. The van der Waals surface area contributed by atoms with Gasteiger partial charge in [0.2, 0.25) is 0 Å². The van der Waals surface area contributed by atoms with E-state index in [0.717, 1.165) is 0 Å². The van der Waals surface area contributed by atoms with Crippen molar-refractivity contribution in [3.8, 4) is 17.6 Å². The van der Waals surface area contributed by atoms with Crippen LogP contribution in [0.1, 0.15) is 5.69 Å². The van der Waals surface area contributed by atoms with E-state index in [1.54, 1.807) is 12.1 Å². The normalized spacial score (nSPS) is 9.68. The van der Waals surface area contributed by atoms with Gasteiger partial charge < -0.3 is 4.74 Å². The summed E-state index contributed by atoms with van der Waals surface area (Å²) in [5, 5.41) is 19.3. The van der Waals surface area contributed by atoms with Gasteiger partial charge in [-0.1, -0.05) is 15.9 Å². The molecule has 7 heteroatoms. The Balaban J connectivity index is 2.27. The lowest BCUT2D eigenvalue weighted by atomic mass is 10.3. The van der Waals surface area contributed by atoms with E-state index in [9.17, 15) is 10.1 Å². The van der Waals surface area contributed by atoms with Crippen molar-refractivity contribution in [1.82, 2.24) is 4.98 Å². The smallest absolute Gasteiger partial charge is 0.274 e.